The van der Waals surface area contributed by atoms with Crippen molar-refractivity contribution in [1.29, 1.82) is 0 Å². The minimum absolute atomic E-state index is 0.0786. The number of nitro groups is 3. The van der Waals surface area contributed by atoms with Crippen molar-refractivity contribution in [2.45, 2.75) is 35.7 Å². The number of carboxylic acids is 3. The van der Waals surface area contributed by atoms with Crippen LogP contribution >= 0.6 is 11.8 Å². The van der Waals surface area contributed by atoms with Gasteiger partial charge in [-0.15, -0.1) is 11.8 Å². The van der Waals surface area contributed by atoms with E-state index in [2.05, 4.69) is 5.32 Å². The summed E-state index contributed by atoms with van der Waals surface area (Å²) in [5, 5.41) is 65.8. The number of carbonyl (C=O) groups excluding carboxylic acids is 2. The summed E-state index contributed by atoms with van der Waals surface area (Å²) in [7, 11) is 0. The highest BCUT2D eigenvalue weighted by Crippen LogP contribution is 2.43. The van der Waals surface area contributed by atoms with Crippen LogP contribution in [0.15, 0.2) is 23.5 Å². The number of rotatable bonds is 15. The van der Waals surface area contributed by atoms with Crippen molar-refractivity contribution in [1.82, 2.24) is 10.6 Å². The molecular weight excluding hydrogens is 544 g/mol. The van der Waals surface area contributed by atoms with Crippen LogP contribution in [0.2, 0.25) is 0 Å². The van der Waals surface area contributed by atoms with Crippen LogP contribution in [0.25, 0.3) is 0 Å². The summed E-state index contributed by atoms with van der Waals surface area (Å²) in [4.78, 5) is 89.2. The van der Waals surface area contributed by atoms with Gasteiger partial charge in [0.05, 0.1) is 22.0 Å². The fourth-order valence-electron chi connectivity index (χ4n) is 3.05. The van der Waals surface area contributed by atoms with Crippen LogP contribution in [-0.4, -0.2) is 95.0 Å². The number of carboxylic acid groups (broad SMARTS) is 3. The summed E-state index contributed by atoms with van der Waals surface area (Å²) >= 11 is -0.0786. The van der Waals surface area contributed by atoms with E-state index in [1.54, 1.807) is 0 Å². The molecule has 21 heteroatoms. The van der Waals surface area contributed by atoms with E-state index >= 15 is 0 Å². The quantitative estimate of drug-likeness (QED) is 0.0876. The number of thioether (sulfide) groups is 1. The first kappa shape index (κ1) is 31.4. The van der Waals surface area contributed by atoms with Gasteiger partial charge in [-0.3, -0.25) is 49.5 Å². The summed E-state index contributed by atoms with van der Waals surface area (Å²) in [5.41, 5.74) is 2.69. The molecule has 20 nitrogen and oxygen atoms in total. The lowest BCUT2D eigenvalue weighted by Crippen LogP contribution is -2.56. The molecule has 2 amide bonds. The average Bonchev–Trinajstić information content (AvgIpc) is 2.82. The first-order chi connectivity index (χ1) is 17.5. The molecule has 0 aromatic rings. The van der Waals surface area contributed by atoms with Gasteiger partial charge in [0, 0.05) is 17.1 Å². The second kappa shape index (κ2) is 13.0. The number of nitrogens with one attached hydrogen (secondary N) is 2. The zero-order valence-electron chi connectivity index (χ0n) is 18.9. The summed E-state index contributed by atoms with van der Waals surface area (Å²) in [6, 6.07) is -5.89. The second-order valence-corrected chi connectivity index (χ2v) is 8.70. The van der Waals surface area contributed by atoms with Crippen LogP contribution in [0.3, 0.4) is 0 Å². The Morgan fingerprint density at radius 2 is 1.68 bits per heavy atom. The molecule has 0 fully saturated rings. The maximum Gasteiger partial charge on any atom is 0.338 e. The van der Waals surface area contributed by atoms with Crippen molar-refractivity contribution in [2.24, 2.45) is 5.73 Å². The van der Waals surface area contributed by atoms with Crippen molar-refractivity contribution >= 4 is 41.5 Å². The third-order valence-electron chi connectivity index (χ3n) is 4.91. The maximum absolute atomic E-state index is 12.5. The molecule has 0 aromatic carbocycles. The van der Waals surface area contributed by atoms with Gasteiger partial charge in [0.1, 0.15) is 18.6 Å². The second-order valence-electron chi connectivity index (χ2n) is 7.43. The van der Waals surface area contributed by atoms with E-state index in [0.29, 0.717) is 0 Å². The Morgan fingerprint density at radius 3 is 2.13 bits per heavy atom. The summed E-state index contributed by atoms with van der Waals surface area (Å²) < 4.78 is -3.13. The van der Waals surface area contributed by atoms with Crippen LogP contribution in [-0.2, 0) is 24.0 Å². The Bertz CT molecular complexity index is 1120. The van der Waals surface area contributed by atoms with E-state index in [9.17, 15) is 59.4 Å². The Labute approximate surface area is 214 Å². The number of allylic oxidation sites excluding steroid dienone is 1. The summed E-state index contributed by atoms with van der Waals surface area (Å²) in [5.74, 6) is -8.34. The van der Waals surface area contributed by atoms with Crippen LogP contribution in [0.1, 0.15) is 12.8 Å². The molecule has 4 atom stereocenters. The van der Waals surface area contributed by atoms with E-state index in [0.717, 1.165) is 0 Å². The first-order valence-corrected chi connectivity index (χ1v) is 11.0. The van der Waals surface area contributed by atoms with Crippen molar-refractivity contribution < 1.29 is 54.1 Å². The summed E-state index contributed by atoms with van der Waals surface area (Å²) in [6.45, 7) is -0.976. The van der Waals surface area contributed by atoms with Crippen molar-refractivity contribution in [3.63, 3.8) is 0 Å². The zero-order chi connectivity index (χ0) is 29.4. The van der Waals surface area contributed by atoms with Gasteiger partial charge < -0.3 is 31.7 Å². The third-order valence-corrected chi connectivity index (χ3v) is 6.49. The molecule has 0 spiro atoms. The molecular formula is C17H20N6O14S. The van der Waals surface area contributed by atoms with Gasteiger partial charge in [0.2, 0.25) is 11.8 Å². The molecule has 0 saturated carbocycles. The molecule has 1 aliphatic rings. The molecule has 0 radical (unpaired) electrons. The highest BCUT2D eigenvalue weighted by molar-refractivity contribution is 8.01. The minimum Gasteiger partial charge on any atom is -0.480 e. The van der Waals surface area contributed by atoms with E-state index < -0.39 is 104 Å². The highest BCUT2D eigenvalue weighted by Gasteiger charge is 2.65. The number of amides is 2. The Balaban J connectivity index is 3.42. The van der Waals surface area contributed by atoms with E-state index in [1.165, 1.54) is 0 Å². The normalized spacial score (nSPS) is 20.1. The Hall–Kier alpha value is -4.66. The topological polar surface area (TPSA) is 326 Å². The molecule has 7 N–H and O–H groups in total. The minimum atomic E-state index is -3.13. The summed E-state index contributed by atoms with van der Waals surface area (Å²) in [6.07, 6.45) is -0.494. The van der Waals surface area contributed by atoms with Gasteiger partial charge >= 0.3 is 17.9 Å². The number of hydrogen-bond donors (Lipinski definition) is 6. The monoisotopic (exact) mass is 564 g/mol. The number of carbonyl (C=O) groups is 5. The molecule has 2 unspecified atom stereocenters. The van der Waals surface area contributed by atoms with Gasteiger partial charge in [-0.25, -0.2) is 4.79 Å². The van der Waals surface area contributed by atoms with Crippen LogP contribution in [0, 0.1) is 30.3 Å². The van der Waals surface area contributed by atoms with Gasteiger partial charge in [0.25, 0.3) is 22.2 Å². The third kappa shape index (κ3) is 7.67. The molecule has 208 valence electrons. The molecule has 1 aliphatic carbocycles. The highest BCUT2D eigenvalue weighted by atomic mass is 32.2. The van der Waals surface area contributed by atoms with Crippen LogP contribution in [0.5, 0.6) is 0 Å². The molecule has 1 rings (SSSR count). The van der Waals surface area contributed by atoms with Gasteiger partial charge in [-0.2, -0.15) is 0 Å². The predicted octanol–water partition coefficient (Wildman–Crippen LogP) is -2.60. The van der Waals surface area contributed by atoms with E-state index in [1.807, 2.05) is 5.32 Å². The Kier molecular flexibility index (Phi) is 10.8. The van der Waals surface area contributed by atoms with Crippen molar-refractivity contribution in [3.05, 3.63) is 53.9 Å². The lowest BCUT2D eigenvalue weighted by molar-refractivity contribution is -0.524. The molecule has 0 aliphatic heterocycles. The van der Waals surface area contributed by atoms with Gasteiger partial charge in [0.15, 0.2) is 0 Å². The van der Waals surface area contributed by atoms with E-state index in [4.69, 9.17) is 15.9 Å². The SMILES string of the molecule is N[C@@H](CCC(=O)N[C@@H](CSC1(C(=O)O)C([N+](=O)[O-])=CC([N+](=O)[O-])=CC1[N+](=O)[O-])C(=O)NCC(=O)O)C(=O)O. The standard InChI is InChI=1S/C17H20N6O14S/c18-8(15(28)29)1-2-12(24)20-9(14(27)19-5-13(25)26)6-38-17(16(30)31)10(22(34)35)3-7(21(32)33)4-11(17)23(36)37/h3-4,8-10H,1-2,5-6,18H2,(H,19,27)(H,20,24)(H,25,26)(H,28,29)(H,30,31)/t8-,9-,10?,17?/m0/s1. The molecule has 38 heavy (non-hydrogen) atoms. The number of nitrogens with two attached hydrogens (primary N) is 1. The maximum atomic E-state index is 12.5. The molecule has 0 bridgehead atoms. The molecule has 0 aromatic heterocycles. The smallest absolute Gasteiger partial charge is 0.338 e. The van der Waals surface area contributed by atoms with Crippen molar-refractivity contribution in [2.75, 3.05) is 12.3 Å². The lowest BCUT2D eigenvalue weighted by Gasteiger charge is -2.30. The Morgan fingerprint density at radius 1 is 1.08 bits per heavy atom. The molecule has 0 saturated heterocycles. The van der Waals surface area contributed by atoms with Crippen LogP contribution in [0.4, 0.5) is 0 Å². The largest absolute Gasteiger partial charge is 0.480 e. The van der Waals surface area contributed by atoms with E-state index in [-0.39, 0.29) is 23.9 Å². The van der Waals surface area contributed by atoms with Crippen LogP contribution < -0.4 is 16.4 Å². The molecule has 0 heterocycles. The first-order valence-electron chi connectivity index (χ1n) is 10.0. The number of hydrogen-bond acceptors (Lipinski definition) is 13. The fraction of sp³-hybridized carbons (Fsp3) is 0.471. The van der Waals surface area contributed by atoms with Gasteiger partial charge in [-0.1, -0.05) is 0 Å². The zero-order valence-corrected chi connectivity index (χ0v) is 19.7. The fourth-order valence-corrected chi connectivity index (χ4v) is 4.45. The van der Waals surface area contributed by atoms with Crippen molar-refractivity contribution in [3.8, 4) is 0 Å². The average molecular weight is 564 g/mol. The number of nitrogens with zero attached hydrogens (tertiary/aromatic N) is 3. The lowest BCUT2D eigenvalue weighted by atomic mass is 9.89. The number of aliphatic carboxylic acids is 3. The predicted molar refractivity (Wildman–Crippen MR) is 121 cm³/mol. The van der Waals surface area contributed by atoms with Gasteiger partial charge in [-0.05, 0) is 6.42 Å².